The van der Waals surface area contributed by atoms with Crippen LogP contribution >= 0.6 is 0 Å². The van der Waals surface area contributed by atoms with Crippen LogP contribution in [0.5, 0.6) is 0 Å². The number of allylic oxidation sites excluding steroid dienone is 2. The second kappa shape index (κ2) is 32.2. The monoisotopic (exact) mass is 170 g/mol. The Kier molecular flexibility index (Phi) is 46.3. The maximum Gasteiger partial charge on any atom is 0.0574 e. The van der Waals surface area contributed by atoms with Crippen molar-refractivity contribution < 1.29 is 0 Å². The van der Waals surface area contributed by atoms with Crippen LogP contribution in [0.2, 0.25) is 0 Å². The van der Waals surface area contributed by atoms with Gasteiger partial charge < -0.3 is 0 Å². The summed E-state index contributed by atoms with van der Waals surface area (Å²) in [6.07, 6.45) is 5.00. The van der Waals surface area contributed by atoms with E-state index in [2.05, 4.69) is 16.8 Å². The predicted octanol–water partition coefficient (Wildman–Crippen LogP) is 4.21. The molecule has 0 N–H and O–H groups in total. The molecule has 12 heavy (non-hydrogen) atoms. The summed E-state index contributed by atoms with van der Waals surface area (Å²) in [5.41, 5.74) is 0. The van der Waals surface area contributed by atoms with Crippen LogP contribution < -0.4 is 0 Å². The first-order valence-electron chi connectivity index (χ1n) is 4.56. The van der Waals surface area contributed by atoms with Crippen LogP contribution in [0, 0.1) is 0 Å². The second-order valence-electron chi connectivity index (χ2n) is 1.15. The molecule has 0 aliphatic rings. The quantitative estimate of drug-likeness (QED) is 0.448. The van der Waals surface area contributed by atoms with E-state index in [1.54, 1.807) is 18.4 Å². The largest absolute Gasteiger partial charge is 0.190 e. The topological polar surface area (TPSA) is 24.7 Å². The van der Waals surface area contributed by atoms with Crippen molar-refractivity contribution in [1.29, 1.82) is 0 Å². The molecule has 0 aromatic carbocycles. The van der Waals surface area contributed by atoms with E-state index in [-0.39, 0.29) is 0 Å². The molecular weight excluding hydrogens is 148 g/mol. The Labute approximate surface area is 77.1 Å². The van der Waals surface area contributed by atoms with Gasteiger partial charge in [0.2, 0.25) is 0 Å². The van der Waals surface area contributed by atoms with Gasteiger partial charge in [0.25, 0.3) is 0 Å². The van der Waals surface area contributed by atoms with Crippen molar-refractivity contribution in [3.63, 3.8) is 0 Å². The van der Waals surface area contributed by atoms with Gasteiger partial charge in [-0.1, -0.05) is 40.3 Å². The molecule has 0 aliphatic heterocycles. The molecule has 0 saturated heterocycles. The summed E-state index contributed by atoms with van der Waals surface area (Å²) < 4.78 is 0. The molecule has 2 heteroatoms. The van der Waals surface area contributed by atoms with E-state index in [0.29, 0.717) is 0 Å². The van der Waals surface area contributed by atoms with E-state index in [0.717, 1.165) is 6.54 Å². The van der Waals surface area contributed by atoms with Gasteiger partial charge in [-0.25, -0.2) is 0 Å². The molecule has 0 spiro atoms. The highest BCUT2D eigenvalue weighted by atomic mass is 15.1. The Morgan fingerprint density at radius 1 is 1.17 bits per heavy atom. The zero-order chi connectivity index (χ0) is 10.2. The Bertz CT molecular complexity index is 104. The summed E-state index contributed by atoms with van der Waals surface area (Å²) in [6, 6.07) is 0. The fourth-order valence-corrected chi connectivity index (χ4v) is 0.228. The Morgan fingerprint density at radius 3 is 2.00 bits per heavy atom. The van der Waals surface area contributed by atoms with E-state index in [1.165, 1.54) is 0 Å². The summed E-state index contributed by atoms with van der Waals surface area (Å²) in [7, 11) is 0. The van der Waals surface area contributed by atoms with E-state index in [1.807, 2.05) is 34.6 Å². The Morgan fingerprint density at radius 2 is 1.67 bits per heavy atom. The molecule has 0 fully saturated rings. The standard InChI is InChI=1S/C6H10N2.2C2H6/c1-3-5-6-8-7-4-2;2*1-2/h3,5-6H,1,4H2,2H3;2*1-2H3/b6-5-,8-7?;;. The Balaban J connectivity index is -0.000000175. The SMILES string of the molecule is C=C/C=C\N=NCC.CC.CC. The number of azo groups is 1. The first-order chi connectivity index (χ1) is 5.91. The predicted molar refractivity (Wildman–Crippen MR) is 57.4 cm³/mol. The molecule has 0 rings (SSSR count). The average molecular weight is 170 g/mol. The molecule has 0 radical (unpaired) electrons. The molecule has 0 aromatic rings. The van der Waals surface area contributed by atoms with Crippen LogP contribution in [0.25, 0.3) is 0 Å². The van der Waals surface area contributed by atoms with Crippen LogP contribution in [-0.4, -0.2) is 6.54 Å². The lowest BCUT2D eigenvalue weighted by atomic mass is 10.6. The molecule has 0 saturated carbocycles. The third-order valence-corrected chi connectivity index (χ3v) is 0.512. The second-order valence-corrected chi connectivity index (χ2v) is 1.15. The molecule has 0 amide bonds. The zero-order valence-corrected chi connectivity index (χ0v) is 9.04. The molecule has 0 bridgehead atoms. The van der Waals surface area contributed by atoms with Crippen molar-refractivity contribution in [3.05, 3.63) is 24.9 Å². The van der Waals surface area contributed by atoms with Gasteiger partial charge in [0.05, 0.1) is 6.54 Å². The van der Waals surface area contributed by atoms with Crippen LogP contribution in [0.3, 0.4) is 0 Å². The molecule has 0 heterocycles. The fraction of sp³-hybridized carbons (Fsp3) is 0.600. The smallest absolute Gasteiger partial charge is 0.0574 e. The van der Waals surface area contributed by atoms with Crippen molar-refractivity contribution in [1.82, 2.24) is 0 Å². The van der Waals surface area contributed by atoms with Gasteiger partial charge in [0, 0.05) is 6.20 Å². The summed E-state index contributed by atoms with van der Waals surface area (Å²) >= 11 is 0. The maximum absolute atomic E-state index is 3.70. The lowest BCUT2D eigenvalue weighted by molar-refractivity contribution is 1.00. The van der Waals surface area contributed by atoms with Crippen LogP contribution in [-0.2, 0) is 0 Å². The number of hydrogen-bond acceptors (Lipinski definition) is 2. The van der Waals surface area contributed by atoms with Gasteiger partial charge in [0.1, 0.15) is 0 Å². The van der Waals surface area contributed by atoms with Crippen molar-refractivity contribution in [2.45, 2.75) is 34.6 Å². The molecule has 0 aromatic heterocycles. The molecule has 0 unspecified atom stereocenters. The normalized spacial score (nSPS) is 8.42. The zero-order valence-electron chi connectivity index (χ0n) is 9.04. The third kappa shape index (κ3) is 35.6. The number of nitrogens with zero attached hydrogens (tertiary/aromatic N) is 2. The summed E-state index contributed by atoms with van der Waals surface area (Å²) in [6.45, 7) is 14.1. The molecule has 0 atom stereocenters. The van der Waals surface area contributed by atoms with Crippen molar-refractivity contribution >= 4 is 0 Å². The highest BCUT2D eigenvalue weighted by Gasteiger charge is 1.59. The van der Waals surface area contributed by atoms with E-state index >= 15 is 0 Å². The highest BCUT2D eigenvalue weighted by molar-refractivity contribution is 4.95. The molecule has 72 valence electrons. The molecule has 0 aliphatic carbocycles. The summed E-state index contributed by atoms with van der Waals surface area (Å²) in [4.78, 5) is 0. The molecule has 2 nitrogen and oxygen atoms in total. The maximum atomic E-state index is 3.70. The summed E-state index contributed by atoms with van der Waals surface area (Å²) in [5, 5.41) is 7.35. The Hall–Kier alpha value is -0.920. The van der Waals surface area contributed by atoms with Crippen molar-refractivity contribution in [3.8, 4) is 0 Å². The fourth-order valence-electron chi connectivity index (χ4n) is 0.228. The van der Waals surface area contributed by atoms with Gasteiger partial charge in [-0.05, 0) is 13.0 Å². The third-order valence-electron chi connectivity index (χ3n) is 0.512. The number of hydrogen-bond donors (Lipinski definition) is 0. The first kappa shape index (κ1) is 17.2. The van der Waals surface area contributed by atoms with Crippen molar-refractivity contribution in [2.75, 3.05) is 6.54 Å². The van der Waals surface area contributed by atoms with E-state index in [4.69, 9.17) is 0 Å². The first-order valence-corrected chi connectivity index (χ1v) is 4.56. The minimum absolute atomic E-state index is 0.738. The highest BCUT2D eigenvalue weighted by Crippen LogP contribution is 1.77. The molecular formula is C10H22N2. The van der Waals surface area contributed by atoms with Crippen molar-refractivity contribution in [2.24, 2.45) is 10.2 Å². The van der Waals surface area contributed by atoms with Crippen LogP contribution in [0.15, 0.2) is 35.2 Å². The number of rotatable bonds is 3. The lowest BCUT2D eigenvalue weighted by Crippen LogP contribution is -1.58. The van der Waals surface area contributed by atoms with E-state index in [9.17, 15) is 0 Å². The van der Waals surface area contributed by atoms with Crippen LogP contribution in [0.1, 0.15) is 34.6 Å². The van der Waals surface area contributed by atoms with E-state index < -0.39 is 0 Å². The van der Waals surface area contributed by atoms with Gasteiger partial charge >= 0.3 is 0 Å². The summed E-state index contributed by atoms with van der Waals surface area (Å²) in [5.74, 6) is 0. The van der Waals surface area contributed by atoms with Gasteiger partial charge in [-0.15, -0.1) is 0 Å². The minimum Gasteiger partial charge on any atom is -0.190 e. The lowest BCUT2D eigenvalue weighted by Gasteiger charge is -1.72. The van der Waals surface area contributed by atoms with Gasteiger partial charge in [-0.2, -0.15) is 10.2 Å². The van der Waals surface area contributed by atoms with Gasteiger partial charge in [-0.3, -0.25) is 0 Å². The minimum atomic E-state index is 0.738. The van der Waals surface area contributed by atoms with Crippen LogP contribution in [0.4, 0.5) is 0 Å². The van der Waals surface area contributed by atoms with Gasteiger partial charge in [0.15, 0.2) is 0 Å². The average Bonchev–Trinajstić information content (AvgIpc) is 2.19.